The smallest absolute Gasteiger partial charge is 0.255 e. The quantitative estimate of drug-likeness (QED) is 0.495. The van der Waals surface area contributed by atoms with Crippen LogP contribution in [0.1, 0.15) is 15.9 Å². The summed E-state index contributed by atoms with van der Waals surface area (Å²) in [6, 6.07) is 19.1. The molecule has 0 heterocycles. The second-order valence-electron chi connectivity index (χ2n) is 6.45. The largest absolute Gasteiger partial charge is 0.494 e. The number of anilines is 2. The predicted molar refractivity (Wildman–Crippen MR) is 123 cm³/mol. The van der Waals surface area contributed by atoms with Crippen LogP contribution in [0.3, 0.4) is 0 Å². The summed E-state index contributed by atoms with van der Waals surface area (Å²) in [5.74, 6) is 0.111. The maximum atomic E-state index is 12.5. The van der Waals surface area contributed by atoms with Crippen LogP contribution in [0.15, 0.2) is 72.8 Å². The SMILES string of the molecule is COc1cc(NC(=O)c2ccccc2)c(OC)cc1NC(=O)/C=C/c1ccc(Cl)cc1. The molecular formula is C24H21ClN2O4. The van der Waals surface area contributed by atoms with Crippen molar-refractivity contribution in [2.24, 2.45) is 0 Å². The Hall–Kier alpha value is -3.77. The normalized spacial score (nSPS) is 10.5. The highest BCUT2D eigenvalue weighted by Gasteiger charge is 2.15. The number of carbonyl (C=O) groups excluding carboxylic acids is 2. The van der Waals surface area contributed by atoms with Crippen molar-refractivity contribution in [3.05, 3.63) is 89.0 Å². The lowest BCUT2D eigenvalue weighted by molar-refractivity contribution is -0.111. The van der Waals surface area contributed by atoms with Gasteiger partial charge in [-0.3, -0.25) is 9.59 Å². The highest BCUT2D eigenvalue weighted by molar-refractivity contribution is 6.30. The van der Waals surface area contributed by atoms with Crippen LogP contribution in [-0.2, 0) is 4.79 Å². The number of benzene rings is 3. The zero-order valence-corrected chi connectivity index (χ0v) is 17.8. The maximum absolute atomic E-state index is 12.5. The Morgan fingerprint density at radius 3 is 2.00 bits per heavy atom. The van der Waals surface area contributed by atoms with Gasteiger partial charge in [-0.2, -0.15) is 0 Å². The van der Waals surface area contributed by atoms with Gasteiger partial charge in [0.1, 0.15) is 11.5 Å². The standard InChI is InChI=1S/C24H21ClN2O4/c1-30-21-15-20(27-24(29)17-6-4-3-5-7-17)22(31-2)14-19(21)26-23(28)13-10-16-8-11-18(25)12-9-16/h3-15H,1-2H3,(H,26,28)(H,27,29)/b13-10+. The minimum atomic E-state index is -0.351. The molecule has 158 valence electrons. The van der Waals surface area contributed by atoms with Crippen molar-refractivity contribution in [2.45, 2.75) is 0 Å². The molecule has 3 aromatic carbocycles. The summed E-state index contributed by atoms with van der Waals surface area (Å²) >= 11 is 5.87. The third kappa shape index (κ3) is 5.87. The number of ether oxygens (including phenoxy) is 2. The number of carbonyl (C=O) groups is 2. The van der Waals surface area contributed by atoms with Gasteiger partial charge in [0.25, 0.3) is 5.91 Å². The number of hydrogen-bond acceptors (Lipinski definition) is 4. The Labute approximate surface area is 185 Å². The molecule has 7 heteroatoms. The lowest BCUT2D eigenvalue weighted by Gasteiger charge is -2.16. The Bertz CT molecular complexity index is 1100. The molecule has 3 rings (SSSR count). The van der Waals surface area contributed by atoms with Gasteiger partial charge in [-0.15, -0.1) is 0 Å². The number of amides is 2. The summed E-state index contributed by atoms with van der Waals surface area (Å²) in [4.78, 5) is 24.9. The van der Waals surface area contributed by atoms with Gasteiger partial charge < -0.3 is 20.1 Å². The fourth-order valence-corrected chi connectivity index (χ4v) is 2.92. The average molecular weight is 437 g/mol. The van der Waals surface area contributed by atoms with Gasteiger partial charge in [-0.05, 0) is 35.9 Å². The summed E-state index contributed by atoms with van der Waals surface area (Å²) in [5.41, 5.74) is 2.17. The van der Waals surface area contributed by atoms with Crippen LogP contribution in [0, 0.1) is 0 Å². The first-order valence-corrected chi connectivity index (χ1v) is 9.75. The summed E-state index contributed by atoms with van der Waals surface area (Å²) in [6.07, 6.45) is 3.07. The van der Waals surface area contributed by atoms with Crippen LogP contribution in [-0.4, -0.2) is 26.0 Å². The summed E-state index contributed by atoms with van der Waals surface area (Å²) < 4.78 is 10.8. The molecule has 0 aliphatic rings. The second kappa shape index (κ2) is 10.3. The van der Waals surface area contributed by atoms with Crippen LogP contribution < -0.4 is 20.1 Å². The van der Waals surface area contributed by atoms with E-state index in [2.05, 4.69) is 10.6 Å². The van der Waals surface area contributed by atoms with Crippen LogP contribution in [0.4, 0.5) is 11.4 Å². The third-order valence-corrected chi connectivity index (χ3v) is 4.61. The molecule has 0 radical (unpaired) electrons. The maximum Gasteiger partial charge on any atom is 0.255 e. The molecule has 0 bridgehead atoms. The first-order valence-electron chi connectivity index (χ1n) is 9.37. The minimum absolute atomic E-state index is 0.288. The van der Waals surface area contributed by atoms with E-state index in [0.717, 1.165) is 5.56 Å². The van der Waals surface area contributed by atoms with Crippen molar-refractivity contribution >= 4 is 40.9 Å². The van der Waals surface area contributed by atoms with Crippen molar-refractivity contribution in [1.82, 2.24) is 0 Å². The predicted octanol–water partition coefficient (Wildman–Crippen LogP) is 5.26. The van der Waals surface area contributed by atoms with Crippen LogP contribution in [0.5, 0.6) is 11.5 Å². The first kappa shape index (κ1) is 21.9. The van der Waals surface area contributed by atoms with E-state index >= 15 is 0 Å². The molecule has 0 unspecified atom stereocenters. The van der Waals surface area contributed by atoms with Gasteiger partial charge in [0.15, 0.2) is 0 Å². The van der Waals surface area contributed by atoms with Gasteiger partial charge in [-0.25, -0.2) is 0 Å². The van der Waals surface area contributed by atoms with Gasteiger partial charge in [0, 0.05) is 28.8 Å². The van der Waals surface area contributed by atoms with E-state index in [-0.39, 0.29) is 11.8 Å². The lowest BCUT2D eigenvalue weighted by atomic mass is 10.2. The van der Waals surface area contributed by atoms with Crippen LogP contribution in [0.2, 0.25) is 5.02 Å². The molecule has 0 aliphatic heterocycles. The summed E-state index contributed by atoms with van der Waals surface area (Å²) in [7, 11) is 2.95. The number of hydrogen-bond donors (Lipinski definition) is 2. The second-order valence-corrected chi connectivity index (χ2v) is 6.88. The van der Waals surface area contributed by atoms with Gasteiger partial charge in [0.05, 0.1) is 25.6 Å². The highest BCUT2D eigenvalue weighted by atomic mass is 35.5. The topological polar surface area (TPSA) is 76.7 Å². The molecular weight excluding hydrogens is 416 g/mol. The van der Waals surface area contributed by atoms with Gasteiger partial charge in [0.2, 0.25) is 5.91 Å². The van der Waals surface area contributed by atoms with Crippen molar-refractivity contribution in [3.63, 3.8) is 0 Å². The Kier molecular flexibility index (Phi) is 7.30. The van der Waals surface area contributed by atoms with Crippen molar-refractivity contribution in [1.29, 1.82) is 0 Å². The summed E-state index contributed by atoms with van der Waals surface area (Å²) in [6.45, 7) is 0. The molecule has 0 saturated carbocycles. The molecule has 2 amide bonds. The molecule has 31 heavy (non-hydrogen) atoms. The van der Waals surface area contributed by atoms with E-state index in [1.807, 2.05) is 6.07 Å². The van der Waals surface area contributed by atoms with Crippen LogP contribution in [0.25, 0.3) is 6.08 Å². The van der Waals surface area contributed by atoms with E-state index in [9.17, 15) is 9.59 Å². The Morgan fingerprint density at radius 1 is 0.839 bits per heavy atom. The van der Waals surface area contributed by atoms with E-state index < -0.39 is 0 Å². The van der Waals surface area contributed by atoms with Gasteiger partial charge in [-0.1, -0.05) is 41.9 Å². The molecule has 0 fully saturated rings. The van der Waals surface area contributed by atoms with E-state index in [1.54, 1.807) is 66.7 Å². The third-order valence-electron chi connectivity index (χ3n) is 4.36. The molecule has 0 saturated heterocycles. The fourth-order valence-electron chi connectivity index (χ4n) is 2.80. The fraction of sp³-hybridized carbons (Fsp3) is 0.0833. The van der Waals surface area contributed by atoms with E-state index in [1.165, 1.54) is 20.3 Å². The molecule has 0 aromatic heterocycles. The number of halogens is 1. The zero-order valence-electron chi connectivity index (χ0n) is 17.0. The number of nitrogens with one attached hydrogen (secondary N) is 2. The van der Waals surface area contributed by atoms with Crippen molar-refractivity contribution in [3.8, 4) is 11.5 Å². The van der Waals surface area contributed by atoms with Crippen molar-refractivity contribution < 1.29 is 19.1 Å². The molecule has 0 atom stereocenters. The minimum Gasteiger partial charge on any atom is -0.494 e. The Balaban J connectivity index is 1.78. The lowest BCUT2D eigenvalue weighted by Crippen LogP contribution is -2.14. The van der Waals surface area contributed by atoms with Crippen LogP contribution >= 0.6 is 11.6 Å². The van der Waals surface area contributed by atoms with Crippen molar-refractivity contribution in [2.75, 3.05) is 24.9 Å². The van der Waals surface area contributed by atoms with E-state index in [0.29, 0.717) is 33.5 Å². The molecule has 0 spiro atoms. The summed E-state index contributed by atoms with van der Waals surface area (Å²) in [5, 5.41) is 6.19. The van der Waals surface area contributed by atoms with Gasteiger partial charge >= 0.3 is 0 Å². The highest BCUT2D eigenvalue weighted by Crippen LogP contribution is 2.36. The Morgan fingerprint density at radius 2 is 1.42 bits per heavy atom. The number of rotatable bonds is 7. The average Bonchev–Trinajstić information content (AvgIpc) is 2.79. The molecule has 0 aliphatic carbocycles. The molecule has 2 N–H and O–H groups in total. The molecule has 6 nitrogen and oxygen atoms in total. The van der Waals surface area contributed by atoms with E-state index in [4.69, 9.17) is 21.1 Å². The zero-order chi connectivity index (χ0) is 22.2. The number of methoxy groups -OCH3 is 2. The first-order chi connectivity index (χ1) is 15.0. The monoisotopic (exact) mass is 436 g/mol. The molecule has 3 aromatic rings.